The third-order valence-electron chi connectivity index (χ3n) is 1.88. The summed E-state index contributed by atoms with van der Waals surface area (Å²) < 4.78 is 0. The summed E-state index contributed by atoms with van der Waals surface area (Å²) >= 11 is 0. The smallest absolute Gasteiger partial charge is 0.357 e. The van der Waals surface area contributed by atoms with E-state index in [-0.39, 0.29) is 58.2 Å². The van der Waals surface area contributed by atoms with E-state index in [9.17, 15) is 0 Å². The van der Waals surface area contributed by atoms with Crippen LogP contribution in [0.2, 0.25) is 0 Å². The van der Waals surface area contributed by atoms with Crippen molar-refractivity contribution in [2.24, 2.45) is 0 Å². The van der Waals surface area contributed by atoms with E-state index in [0.29, 0.717) is 0 Å². The van der Waals surface area contributed by atoms with Gasteiger partial charge in [-0.05, 0) is 0 Å². The molecule has 86 valence electrons. The summed E-state index contributed by atoms with van der Waals surface area (Å²) in [5.41, 5.74) is 1.84. The Hall–Kier alpha value is 0.837. The first-order valence-electron chi connectivity index (χ1n) is 4.35. The molecule has 0 atom stereocenters. The minimum absolute atomic E-state index is 0. The standard InChI is InChI=1S/C11H15N2.2V.W/c1-4-13(5-2)9-11-8-6-7-10(3)12-11;;;/h6-8H,1-5,9H2;;;/q-3;;+2;. The van der Waals surface area contributed by atoms with Crippen LogP contribution in [0.15, 0.2) is 18.2 Å². The average Bonchev–Trinajstić information content (AvgIpc) is 2.14. The molecule has 0 bridgehead atoms. The molecule has 0 saturated heterocycles. The molecule has 16 heavy (non-hydrogen) atoms. The van der Waals surface area contributed by atoms with Crippen molar-refractivity contribution in [1.29, 1.82) is 0 Å². The zero-order valence-electron chi connectivity index (χ0n) is 9.17. The van der Waals surface area contributed by atoms with Gasteiger partial charge >= 0.3 is 18.6 Å². The first-order valence-corrected chi connectivity index (χ1v) is 4.35. The number of nitrogens with zero attached hydrogens (tertiary/aromatic N) is 2. The van der Waals surface area contributed by atoms with Crippen LogP contribution in [0.4, 0.5) is 0 Å². The normalized spacial score (nSPS) is 8.69. The summed E-state index contributed by atoms with van der Waals surface area (Å²) in [5.74, 6) is 0. The van der Waals surface area contributed by atoms with Crippen LogP contribution >= 0.6 is 0 Å². The van der Waals surface area contributed by atoms with E-state index in [1.807, 2.05) is 18.2 Å². The van der Waals surface area contributed by atoms with Crippen molar-refractivity contribution in [3.63, 3.8) is 0 Å². The molecule has 1 aromatic rings. The molecule has 0 aliphatic carbocycles. The van der Waals surface area contributed by atoms with Gasteiger partial charge in [0.25, 0.3) is 0 Å². The van der Waals surface area contributed by atoms with E-state index in [0.717, 1.165) is 31.0 Å². The SMILES string of the molecule is [CH2-]CN(C[CH2-])Cc1cccc([CH2-])n1.[V+2].[V].[W]. The number of hydrogen-bond acceptors (Lipinski definition) is 2. The van der Waals surface area contributed by atoms with E-state index in [1.165, 1.54) is 0 Å². The van der Waals surface area contributed by atoms with Crippen molar-refractivity contribution in [3.8, 4) is 0 Å². The van der Waals surface area contributed by atoms with E-state index in [4.69, 9.17) is 0 Å². The Morgan fingerprint density at radius 3 is 2.19 bits per heavy atom. The van der Waals surface area contributed by atoms with Gasteiger partial charge in [0.15, 0.2) is 0 Å². The van der Waals surface area contributed by atoms with Crippen molar-refractivity contribution < 1.29 is 58.2 Å². The van der Waals surface area contributed by atoms with E-state index in [1.54, 1.807) is 0 Å². The second kappa shape index (κ2) is 12.3. The van der Waals surface area contributed by atoms with Crippen molar-refractivity contribution in [2.75, 3.05) is 13.1 Å². The second-order valence-corrected chi connectivity index (χ2v) is 2.90. The van der Waals surface area contributed by atoms with Gasteiger partial charge in [-0.15, -0.1) is 24.8 Å². The van der Waals surface area contributed by atoms with Crippen LogP contribution in [0.3, 0.4) is 0 Å². The summed E-state index contributed by atoms with van der Waals surface area (Å²) in [7, 11) is 0. The molecule has 0 amide bonds. The Morgan fingerprint density at radius 2 is 1.75 bits per heavy atom. The van der Waals surface area contributed by atoms with Gasteiger partial charge in [-0.25, -0.2) is 6.92 Å². The first kappa shape index (κ1) is 22.1. The van der Waals surface area contributed by atoms with Crippen LogP contribution < -0.4 is 0 Å². The molecule has 2 radical (unpaired) electrons. The van der Waals surface area contributed by atoms with Crippen LogP contribution in [-0.4, -0.2) is 23.0 Å². The van der Waals surface area contributed by atoms with Gasteiger partial charge in [-0.1, -0.05) is 6.07 Å². The van der Waals surface area contributed by atoms with Crippen LogP contribution in [0.1, 0.15) is 11.4 Å². The van der Waals surface area contributed by atoms with E-state index in [2.05, 4.69) is 30.7 Å². The Morgan fingerprint density at radius 1 is 1.19 bits per heavy atom. The van der Waals surface area contributed by atoms with Gasteiger partial charge in [-0.3, -0.25) is 4.98 Å². The summed E-state index contributed by atoms with van der Waals surface area (Å²) in [6, 6.07) is 5.85. The third kappa shape index (κ3) is 8.01. The average molecular weight is 461 g/mol. The molecule has 0 fully saturated rings. The first-order chi connectivity index (χ1) is 6.26. The Kier molecular flexibility index (Phi) is 17.0. The molecule has 0 aliphatic heterocycles. The van der Waals surface area contributed by atoms with Crippen molar-refractivity contribution in [1.82, 2.24) is 9.88 Å². The maximum Gasteiger partial charge on any atom is 2.00 e. The van der Waals surface area contributed by atoms with Gasteiger partial charge in [0, 0.05) is 51.9 Å². The van der Waals surface area contributed by atoms with E-state index >= 15 is 0 Å². The number of rotatable bonds is 4. The van der Waals surface area contributed by atoms with Gasteiger partial charge in [0.1, 0.15) is 0 Å². The third-order valence-corrected chi connectivity index (χ3v) is 1.88. The monoisotopic (exact) mass is 461 g/mol. The van der Waals surface area contributed by atoms with Crippen molar-refractivity contribution >= 4 is 0 Å². The van der Waals surface area contributed by atoms with Crippen LogP contribution in [0, 0.1) is 20.8 Å². The number of aromatic nitrogens is 1. The van der Waals surface area contributed by atoms with Gasteiger partial charge < -0.3 is 18.7 Å². The quantitative estimate of drug-likeness (QED) is 0.636. The zero-order valence-corrected chi connectivity index (χ0v) is 14.9. The molecule has 5 heteroatoms. The van der Waals surface area contributed by atoms with Crippen LogP contribution in [0.25, 0.3) is 0 Å². The molecule has 0 unspecified atom stereocenters. The Balaban J connectivity index is -0.000000563. The second-order valence-electron chi connectivity index (χ2n) is 2.90. The van der Waals surface area contributed by atoms with Crippen molar-refractivity contribution in [3.05, 3.63) is 50.4 Å². The van der Waals surface area contributed by atoms with Crippen LogP contribution in [-0.2, 0) is 64.7 Å². The maximum absolute atomic E-state index is 4.30. The predicted molar refractivity (Wildman–Crippen MR) is 54.7 cm³/mol. The van der Waals surface area contributed by atoms with Crippen LogP contribution in [0.5, 0.6) is 0 Å². The fourth-order valence-corrected chi connectivity index (χ4v) is 1.12. The fourth-order valence-electron chi connectivity index (χ4n) is 1.12. The minimum atomic E-state index is 0. The Bertz CT molecular complexity index is 268. The summed E-state index contributed by atoms with van der Waals surface area (Å²) in [5, 5.41) is 0. The fraction of sp³-hybridized carbons (Fsp3) is 0.273. The van der Waals surface area contributed by atoms with Crippen molar-refractivity contribution in [2.45, 2.75) is 6.54 Å². The summed E-state index contributed by atoms with van der Waals surface area (Å²) in [6.07, 6.45) is 0. The number of hydrogen-bond donors (Lipinski definition) is 0. The zero-order chi connectivity index (χ0) is 9.68. The largest absolute Gasteiger partial charge is 2.00 e. The maximum atomic E-state index is 4.30. The molecule has 0 N–H and O–H groups in total. The molecule has 0 spiro atoms. The minimum Gasteiger partial charge on any atom is -0.357 e. The molecule has 1 heterocycles. The molecule has 0 saturated carbocycles. The van der Waals surface area contributed by atoms with Gasteiger partial charge in [-0.2, -0.15) is 6.07 Å². The van der Waals surface area contributed by atoms with Gasteiger partial charge in [0.2, 0.25) is 0 Å². The van der Waals surface area contributed by atoms with E-state index < -0.39 is 0 Å². The Labute approximate surface area is 137 Å². The molecular weight excluding hydrogens is 446 g/mol. The molecule has 0 aromatic carbocycles. The molecule has 1 rings (SSSR count). The molecule has 2 nitrogen and oxygen atoms in total. The number of pyridine rings is 1. The molecule has 1 aromatic heterocycles. The van der Waals surface area contributed by atoms with Gasteiger partial charge in [0.05, 0.1) is 0 Å². The molecular formula is C11H15N2V2W-. The summed E-state index contributed by atoms with van der Waals surface area (Å²) in [4.78, 5) is 6.41. The predicted octanol–water partition coefficient (Wildman–Crippen LogP) is 1.73. The topological polar surface area (TPSA) is 16.1 Å². The molecule has 0 aliphatic rings. The summed E-state index contributed by atoms with van der Waals surface area (Å²) in [6.45, 7) is 13.7.